The number of anilines is 2. The summed E-state index contributed by atoms with van der Waals surface area (Å²) in [5.41, 5.74) is 8.74. The highest BCUT2D eigenvalue weighted by Crippen LogP contribution is 2.21. The second-order valence-corrected chi connectivity index (χ2v) is 4.98. The number of amides is 1. The third-order valence-electron chi connectivity index (χ3n) is 3.32. The minimum atomic E-state index is -0.236. The van der Waals surface area contributed by atoms with Crippen molar-refractivity contribution < 1.29 is 4.79 Å². The maximum absolute atomic E-state index is 12.2. The SMILES string of the molecule is CCCc1cc(NC(=O)c2cc3cccc(N)c3[nH]2)n[nH]1. The third kappa shape index (κ3) is 2.60. The van der Waals surface area contributed by atoms with Gasteiger partial charge < -0.3 is 16.0 Å². The Morgan fingerprint density at radius 3 is 3.00 bits per heavy atom. The van der Waals surface area contributed by atoms with Gasteiger partial charge in [0.2, 0.25) is 0 Å². The van der Waals surface area contributed by atoms with Gasteiger partial charge in [-0.1, -0.05) is 25.5 Å². The topological polar surface area (TPSA) is 99.6 Å². The number of nitrogen functional groups attached to an aromatic ring is 1. The van der Waals surface area contributed by atoms with Crippen LogP contribution in [0.25, 0.3) is 10.9 Å². The fourth-order valence-corrected chi connectivity index (χ4v) is 2.31. The number of nitrogens with zero attached hydrogens (tertiary/aromatic N) is 1. The Hall–Kier alpha value is -2.76. The molecule has 0 saturated heterocycles. The molecule has 0 radical (unpaired) electrons. The van der Waals surface area contributed by atoms with E-state index in [1.807, 2.05) is 18.2 Å². The second kappa shape index (κ2) is 5.32. The van der Waals surface area contributed by atoms with E-state index in [2.05, 4.69) is 27.4 Å². The largest absolute Gasteiger partial charge is 0.397 e. The number of aromatic nitrogens is 3. The molecule has 0 aliphatic rings. The molecule has 0 aliphatic carbocycles. The van der Waals surface area contributed by atoms with Crippen LogP contribution >= 0.6 is 0 Å². The van der Waals surface area contributed by atoms with Crippen LogP contribution in [0.4, 0.5) is 11.5 Å². The van der Waals surface area contributed by atoms with Crippen LogP contribution in [0.5, 0.6) is 0 Å². The number of nitrogens with one attached hydrogen (secondary N) is 3. The maximum atomic E-state index is 12.2. The van der Waals surface area contributed by atoms with Gasteiger partial charge in [-0.25, -0.2) is 0 Å². The summed E-state index contributed by atoms with van der Waals surface area (Å²) in [6.45, 7) is 2.09. The van der Waals surface area contributed by atoms with Crippen molar-refractivity contribution in [3.63, 3.8) is 0 Å². The number of carbonyl (C=O) groups is 1. The molecule has 0 fully saturated rings. The molecule has 6 nitrogen and oxygen atoms in total. The molecule has 3 rings (SSSR count). The van der Waals surface area contributed by atoms with Gasteiger partial charge in [-0.05, 0) is 18.6 Å². The molecule has 2 aromatic heterocycles. The van der Waals surface area contributed by atoms with Crippen LogP contribution in [0, 0.1) is 0 Å². The fraction of sp³-hybridized carbons (Fsp3) is 0.200. The molecular weight excluding hydrogens is 266 g/mol. The van der Waals surface area contributed by atoms with Crippen LogP contribution in [-0.2, 0) is 6.42 Å². The number of rotatable bonds is 4. The summed E-state index contributed by atoms with van der Waals surface area (Å²) in [6.07, 6.45) is 1.93. The number of aryl methyl sites for hydroxylation is 1. The van der Waals surface area contributed by atoms with Crippen molar-refractivity contribution in [1.82, 2.24) is 15.2 Å². The van der Waals surface area contributed by atoms with Crippen molar-refractivity contribution in [2.24, 2.45) is 0 Å². The van der Waals surface area contributed by atoms with E-state index in [9.17, 15) is 4.79 Å². The molecule has 108 valence electrons. The van der Waals surface area contributed by atoms with E-state index < -0.39 is 0 Å². The minimum Gasteiger partial charge on any atom is -0.397 e. The monoisotopic (exact) mass is 283 g/mol. The van der Waals surface area contributed by atoms with Gasteiger partial charge >= 0.3 is 0 Å². The maximum Gasteiger partial charge on any atom is 0.273 e. The number of carbonyl (C=O) groups excluding carboxylic acids is 1. The van der Waals surface area contributed by atoms with Gasteiger partial charge in [0, 0.05) is 17.1 Å². The first-order valence-corrected chi connectivity index (χ1v) is 6.90. The smallest absolute Gasteiger partial charge is 0.273 e. The number of nitrogens with two attached hydrogens (primary N) is 1. The molecule has 1 aromatic carbocycles. The standard InChI is InChI=1S/C15H17N5O/c1-2-4-10-8-13(20-19-10)18-15(21)12-7-9-5-3-6-11(16)14(9)17-12/h3,5-8,17H,2,4,16H2,1H3,(H2,18,19,20,21). The summed E-state index contributed by atoms with van der Waals surface area (Å²) in [4.78, 5) is 15.3. The van der Waals surface area contributed by atoms with Crippen LogP contribution in [0.2, 0.25) is 0 Å². The molecule has 0 unspecified atom stereocenters. The Kier molecular flexibility index (Phi) is 3.35. The lowest BCUT2D eigenvalue weighted by Gasteiger charge is -1.98. The summed E-state index contributed by atoms with van der Waals surface area (Å²) < 4.78 is 0. The average Bonchev–Trinajstić information content (AvgIpc) is 3.07. The quantitative estimate of drug-likeness (QED) is 0.554. The molecule has 1 amide bonds. The Morgan fingerprint density at radius 1 is 1.38 bits per heavy atom. The fourth-order valence-electron chi connectivity index (χ4n) is 2.31. The highest BCUT2D eigenvalue weighted by molar-refractivity contribution is 6.06. The van der Waals surface area contributed by atoms with E-state index in [4.69, 9.17) is 5.73 Å². The van der Waals surface area contributed by atoms with E-state index in [0.717, 1.165) is 29.4 Å². The number of para-hydroxylation sites is 1. The van der Waals surface area contributed by atoms with Gasteiger partial charge in [0.1, 0.15) is 5.69 Å². The van der Waals surface area contributed by atoms with Crippen molar-refractivity contribution in [3.05, 3.63) is 41.7 Å². The van der Waals surface area contributed by atoms with Gasteiger partial charge in [-0.15, -0.1) is 0 Å². The molecule has 0 spiro atoms. The van der Waals surface area contributed by atoms with Gasteiger partial charge in [0.15, 0.2) is 5.82 Å². The van der Waals surface area contributed by atoms with E-state index in [1.165, 1.54) is 0 Å². The number of fused-ring (bicyclic) bond motifs is 1. The molecule has 3 aromatic rings. The van der Waals surface area contributed by atoms with Crippen molar-refractivity contribution in [2.75, 3.05) is 11.1 Å². The van der Waals surface area contributed by atoms with E-state index in [-0.39, 0.29) is 5.91 Å². The molecule has 0 aliphatic heterocycles. The summed E-state index contributed by atoms with van der Waals surface area (Å²) in [5, 5.41) is 10.7. The molecular formula is C15H17N5O. The van der Waals surface area contributed by atoms with Gasteiger partial charge in [-0.2, -0.15) is 5.10 Å². The first kappa shape index (κ1) is 13.2. The summed E-state index contributed by atoms with van der Waals surface area (Å²) in [5.74, 6) is 0.287. The van der Waals surface area contributed by atoms with Crippen LogP contribution in [-0.4, -0.2) is 21.1 Å². The zero-order valence-electron chi connectivity index (χ0n) is 11.7. The van der Waals surface area contributed by atoms with Crippen LogP contribution in [0.3, 0.4) is 0 Å². The Balaban J connectivity index is 1.81. The van der Waals surface area contributed by atoms with Crippen molar-refractivity contribution >= 4 is 28.3 Å². The zero-order valence-corrected chi connectivity index (χ0v) is 11.7. The van der Waals surface area contributed by atoms with Gasteiger partial charge in [0.25, 0.3) is 5.91 Å². The first-order chi connectivity index (χ1) is 10.2. The first-order valence-electron chi connectivity index (χ1n) is 6.90. The van der Waals surface area contributed by atoms with Gasteiger partial charge in [0.05, 0.1) is 11.2 Å². The number of H-pyrrole nitrogens is 2. The predicted molar refractivity (Wildman–Crippen MR) is 83.2 cm³/mol. The third-order valence-corrected chi connectivity index (χ3v) is 3.32. The second-order valence-electron chi connectivity index (χ2n) is 4.98. The number of hydrogen-bond acceptors (Lipinski definition) is 3. The molecule has 0 saturated carbocycles. The number of aromatic amines is 2. The molecule has 0 bridgehead atoms. The van der Waals surface area contributed by atoms with Crippen LogP contribution in [0.15, 0.2) is 30.3 Å². The number of benzene rings is 1. The van der Waals surface area contributed by atoms with E-state index in [1.54, 1.807) is 12.1 Å². The summed E-state index contributed by atoms with van der Waals surface area (Å²) >= 11 is 0. The minimum absolute atomic E-state index is 0.236. The van der Waals surface area contributed by atoms with Crippen molar-refractivity contribution in [2.45, 2.75) is 19.8 Å². The molecule has 21 heavy (non-hydrogen) atoms. The lowest BCUT2D eigenvalue weighted by atomic mass is 10.2. The van der Waals surface area contributed by atoms with Crippen molar-refractivity contribution in [1.29, 1.82) is 0 Å². The van der Waals surface area contributed by atoms with Crippen LogP contribution in [0.1, 0.15) is 29.5 Å². The Morgan fingerprint density at radius 2 is 2.24 bits per heavy atom. The zero-order chi connectivity index (χ0) is 14.8. The lowest BCUT2D eigenvalue weighted by molar-refractivity contribution is 0.102. The van der Waals surface area contributed by atoms with E-state index in [0.29, 0.717) is 17.2 Å². The molecule has 6 heteroatoms. The van der Waals surface area contributed by atoms with Crippen LogP contribution < -0.4 is 11.1 Å². The molecule has 0 atom stereocenters. The number of hydrogen-bond donors (Lipinski definition) is 4. The lowest BCUT2D eigenvalue weighted by Crippen LogP contribution is -2.12. The Labute approximate surface area is 121 Å². The average molecular weight is 283 g/mol. The Bertz CT molecular complexity index is 786. The van der Waals surface area contributed by atoms with E-state index >= 15 is 0 Å². The normalized spacial score (nSPS) is 10.9. The summed E-state index contributed by atoms with van der Waals surface area (Å²) in [6, 6.07) is 9.19. The van der Waals surface area contributed by atoms with Gasteiger partial charge in [-0.3, -0.25) is 9.89 Å². The highest BCUT2D eigenvalue weighted by Gasteiger charge is 2.12. The highest BCUT2D eigenvalue weighted by atomic mass is 16.1. The summed E-state index contributed by atoms with van der Waals surface area (Å²) in [7, 11) is 0. The molecule has 5 N–H and O–H groups in total. The van der Waals surface area contributed by atoms with Crippen molar-refractivity contribution in [3.8, 4) is 0 Å². The molecule has 2 heterocycles. The predicted octanol–water partition coefficient (Wildman–Crippen LogP) is 2.68.